The molecule has 1 amide bonds. The Morgan fingerprint density at radius 1 is 1.05 bits per heavy atom. The number of aromatic hydroxyl groups is 1. The molecule has 0 aliphatic carbocycles. The van der Waals surface area contributed by atoms with Crippen molar-refractivity contribution in [2.24, 2.45) is 5.92 Å². The van der Waals surface area contributed by atoms with Crippen molar-refractivity contribution >= 4 is 33.3 Å². The second kappa shape index (κ2) is 12.2. The predicted octanol–water partition coefficient (Wildman–Crippen LogP) is 1.99. The maximum Gasteiger partial charge on any atom is 0.326 e. The van der Waals surface area contributed by atoms with E-state index in [4.69, 9.17) is 0 Å². The highest BCUT2D eigenvalue weighted by Gasteiger charge is 2.34. The Bertz CT molecular complexity index is 1280. The van der Waals surface area contributed by atoms with Gasteiger partial charge in [-0.3, -0.25) is 9.52 Å². The number of rotatable bonds is 10. The van der Waals surface area contributed by atoms with Gasteiger partial charge >= 0.3 is 5.97 Å². The molecule has 0 aromatic heterocycles. The van der Waals surface area contributed by atoms with Gasteiger partial charge < -0.3 is 30.4 Å². The van der Waals surface area contributed by atoms with Crippen LogP contribution in [-0.2, 0) is 14.8 Å². The van der Waals surface area contributed by atoms with E-state index in [1.807, 2.05) is 12.1 Å². The molecule has 0 radical (unpaired) electrons. The van der Waals surface area contributed by atoms with Crippen molar-refractivity contribution in [1.82, 2.24) is 10.2 Å². The summed E-state index contributed by atoms with van der Waals surface area (Å²) in [6.45, 7) is 3.19. The first kappa shape index (κ1) is 28.7. The Balaban J connectivity index is 1.23. The summed E-state index contributed by atoms with van der Waals surface area (Å²) in [5, 5.41) is 33.1. The van der Waals surface area contributed by atoms with Gasteiger partial charge in [0.2, 0.25) is 10.0 Å². The van der Waals surface area contributed by atoms with Crippen LogP contribution in [0.5, 0.6) is 5.75 Å². The van der Waals surface area contributed by atoms with Crippen LogP contribution in [0.25, 0.3) is 0 Å². The highest BCUT2D eigenvalue weighted by atomic mass is 32.2. The molecular weight excluding hydrogens is 524 g/mol. The van der Waals surface area contributed by atoms with Gasteiger partial charge in [0.05, 0.1) is 18.0 Å². The molecule has 2 atom stereocenters. The van der Waals surface area contributed by atoms with Crippen molar-refractivity contribution in [2.75, 3.05) is 48.6 Å². The molecule has 0 saturated carbocycles. The van der Waals surface area contributed by atoms with Gasteiger partial charge in [-0.1, -0.05) is 6.07 Å². The number of amides is 1. The highest BCUT2D eigenvalue weighted by molar-refractivity contribution is 7.92. The third-order valence-electron chi connectivity index (χ3n) is 7.36. The summed E-state index contributed by atoms with van der Waals surface area (Å²) in [7, 11) is -3.56. The van der Waals surface area contributed by atoms with E-state index in [9.17, 15) is 33.3 Å². The number of aliphatic hydroxyl groups is 1. The molecule has 2 aromatic rings. The molecule has 0 bridgehead atoms. The molecule has 4 rings (SSSR count). The normalized spacial score (nSPS) is 19.2. The number of hydrogen-bond acceptors (Lipinski definition) is 8. The maximum absolute atomic E-state index is 12.8. The zero-order chi connectivity index (χ0) is 28.2. The predicted molar refractivity (Wildman–Crippen MR) is 147 cm³/mol. The molecule has 0 unspecified atom stereocenters. The third-order valence-corrected chi connectivity index (χ3v) is 7.95. The van der Waals surface area contributed by atoms with Crippen LogP contribution in [0.4, 0.5) is 11.4 Å². The van der Waals surface area contributed by atoms with Crippen LogP contribution in [0.15, 0.2) is 42.5 Å². The molecule has 212 valence electrons. The van der Waals surface area contributed by atoms with E-state index < -0.39 is 28.1 Å². The van der Waals surface area contributed by atoms with Crippen molar-refractivity contribution in [2.45, 2.75) is 37.8 Å². The van der Waals surface area contributed by atoms with Crippen molar-refractivity contribution in [3.05, 3.63) is 53.6 Å². The number of benzene rings is 2. The summed E-state index contributed by atoms with van der Waals surface area (Å²) in [5.41, 5.74) is 2.04. The largest absolute Gasteiger partial charge is 0.506 e. The summed E-state index contributed by atoms with van der Waals surface area (Å²) >= 11 is 0. The van der Waals surface area contributed by atoms with Crippen molar-refractivity contribution < 1.29 is 33.3 Å². The zero-order valence-corrected chi connectivity index (χ0v) is 22.7. The van der Waals surface area contributed by atoms with E-state index in [2.05, 4.69) is 14.9 Å². The van der Waals surface area contributed by atoms with Crippen LogP contribution in [0.1, 0.15) is 47.7 Å². The monoisotopic (exact) mass is 560 g/mol. The van der Waals surface area contributed by atoms with Gasteiger partial charge in [0.25, 0.3) is 5.91 Å². The quantitative estimate of drug-likeness (QED) is 0.274. The Morgan fingerprint density at radius 3 is 2.38 bits per heavy atom. The summed E-state index contributed by atoms with van der Waals surface area (Å²) < 4.78 is 25.2. The lowest BCUT2D eigenvalue weighted by Gasteiger charge is -2.34. The Morgan fingerprint density at radius 2 is 1.74 bits per heavy atom. The summed E-state index contributed by atoms with van der Waals surface area (Å²) in [4.78, 5) is 27.9. The average Bonchev–Trinajstić information content (AvgIpc) is 3.40. The highest BCUT2D eigenvalue weighted by Crippen LogP contribution is 2.28. The Labute approximate surface area is 228 Å². The molecule has 12 heteroatoms. The number of carbonyl (C=O) groups is 2. The molecule has 2 aliphatic rings. The number of hydrogen-bond donors (Lipinski definition) is 5. The Kier molecular flexibility index (Phi) is 8.98. The molecule has 2 aromatic carbocycles. The molecule has 2 heterocycles. The number of anilines is 2. The lowest BCUT2D eigenvalue weighted by molar-refractivity contribution is -0.141. The fourth-order valence-corrected chi connectivity index (χ4v) is 5.79. The fourth-order valence-electron chi connectivity index (χ4n) is 5.23. The number of phenolic OH excluding ortho intramolecular Hbond substituents is 1. The number of phenols is 1. The number of carbonyl (C=O) groups excluding carboxylic acids is 1. The maximum atomic E-state index is 12.8. The fraction of sp³-hybridized carbons (Fsp3) is 0.481. The number of nitrogens with one attached hydrogen (secondary N) is 2. The number of carboxylic acid groups (broad SMARTS) is 1. The number of piperidine rings is 1. The first-order chi connectivity index (χ1) is 18.5. The number of nitrogens with zero attached hydrogens (tertiary/aromatic N) is 2. The van der Waals surface area contributed by atoms with E-state index in [1.165, 1.54) is 17.0 Å². The van der Waals surface area contributed by atoms with Crippen molar-refractivity contribution in [3.63, 3.8) is 0 Å². The third kappa shape index (κ3) is 7.40. The Hall–Kier alpha value is -3.35. The van der Waals surface area contributed by atoms with Gasteiger partial charge in [-0.15, -0.1) is 0 Å². The molecule has 5 N–H and O–H groups in total. The summed E-state index contributed by atoms with van der Waals surface area (Å²) in [6, 6.07) is 11.0. The minimum atomic E-state index is -3.56. The van der Waals surface area contributed by atoms with Gasteiger partial charge in [-0.25, -0.2) is 13.2 Å². The lowest BCUT2D eigenvalue weighted by atomic mass is 9.96. The standard InChI is InChI=1S/C27H36N4O7S/c1-39(37,38)29-22-15-20(6-9-24(22)32)25(33)17-28-16-18-10-13-30(14-11-18)21-7-4-19(5-8-21)26(34)31-12-2-3-23(31)27(35)36/h4-9,15,18,23,25,28-29,32-33H,2-3,10-14,16-17H2,1H3,(H,35,36)/t23-,25+/m0/s1. The molecule has 2 saturated heterocycles. The van der Waals surface area contributed by atoms with Crippen LogP contribution < -0.4 is 14.9 Å². The van der Waals surface area contributed by atoms with E-state index in [1.54, 1.807) is 18.2 Å². The smallest absolute Gasteiger partial charge is 0.326 e. The van der Waals surface area contributed by atoms with Crippen LogP contribution in [-0.4, -0.2) is 85.5 Å². The molecule has 11 nitrogen and oxygen atoms in total. The van der Waals surface area contributed by atoms with Crippen LogP contribution in [0.3, 0.4) is 0 Å². The number of likely N-dealkylation sites (tertiary alicyclic amines) is 1. The number of aliphatic carboxylic acids is 1. The van der Waals surface area contributed by atoms with Gasteiger partial charge in [0.1, 0.15) is 11.8 Å². The average molecular weight is 561 g/mol. The molecule has 2 aliphatic heterocycles. The molecular formula is C27H36N4O7S. The SMILES string of the molecule is CS(=O)(=O)Nc1cc([C@H](O)CNCC2CCN(c3ccc(C(=O)N4CCC[C@H]4C(=O)O)cc3)CC2)ccc1O. The van der Waals surface area contributed by atoms with Gasteiger partial charge in [-0.05, 0) is 80.1 Å². The molecule has 0 spiro atoms. The second-order valence-electron chi connectivity index (χ2n) is 10.3. The number of carboxylic acids is 1. The van der Waals surface area contributed by atoms with Crippen LogP contribution in [0.2, 0.25) is 0 Å². The minimum absolute atomic E-state index is 0.0271. The van der Waals surface area contributed by atoms with Crippen LogP contribution in [0, 0.1) is 5.92 Å². The van der Waals surface area contributed by atoms with Gasteiger partial charge in [-0.2, -0.15) is 0 Å². The zero-order valence-electron chi connectivity index (χ0n) is 21.9. The van der Waals surface area contributed by atoms with E-state index in [-0.39, 0.29) is 17.3 Å². The summed E-state index contributed by atoms with van der Waals surface area (Å²) in [6.07, 6.45) is 3.23. The second-order valence-corrected chi connectivity index (χ2v) is 12.0. The van der Waals surface area contributed by atoms with E-state index >= 15 is 0 Å². The topological polar surface area (TPSA) is 160 Å². The lowest BCUT2D eigenvalue weighted by Crippen LogP contribution is -2.40. The number of sulfonamides is 1. The van der Waals surface area contributed by atoms with Crippen LogP contribution >= 0.6 is 0 Å². The first-order valence-corrected chi connectivity index (χ1v) is 15.0. The van der Waals surface area contributed by atoms with Crippen molar-refractivity contribution in [1.29, 1.82) is 0 Å². The number of aliphatic hydroxyl groups excluding tert-OH is 1. The van der Waals surface area contributed by atoms with E-state index in [0.717, 1.165) is 44.4 Å². The summed E-state index contributed by atoms with van der Waals surface area (Å²) in [5.74, 6) is -0.982. The van der Waals surface area contributed by atoms with Gasteiger partial charge in [0, 0.05) is 37.4 Å². The van der Waals surface area contributed by atoms with Crippen molar-refractivity contribution in [3.8, 4) is 5.75 Å². The van der Waals surface area contributed by atoms with E-state index in [0.29, 0.717) is 43.0 Å². The van der Waals surface area contributed by atoms with Gasteiger partial charge in [0.15, 0.2) is 0 Å². The molecule has 39 heavy (non-hydrogen) atoms. The molecule has 2 fully saturated rings. The minimum Gasteiger partial charge on any atom is -0.506 e. The first-order valence-electron chi connectivity index (χ1n) is 13.1.